The maximum Gasteiger partial charge on any atom is 0.255 e. The number of aliphatic hydroxyl groups excluding tert-OH is 2. The first-order valence-corrected chi connectivity index (χ1v) is 5.44. The lowest BCUT2D eigenvalue weighted by Crippen LogP contribution is -2.24. The molecule has 0 unspecified atom stereocenters. The third kappa shape index (κ3) is 2.09. The van der Waals surface area contributed by atoms with Crippen molar-refractivity contribution in [2.24, 2.45) is 0 Å². The van der Waals surface area contributed by atoms with Crippen molar-refractivity contribution in [1.29, 1.82) is 5.26 Å². The van der Waals surface area contributed by atoms with E-state index in [1.165, 1.54) is 6.07 Å². The zero-order valence-corrected chi connectivity index (χ0v) is 9.46. The lowest BCUT2D eigenvalue weighted by Gasteiger charge is -2.12. The minimum Gasteiger partial charge on any atom is -0.394 e. The van der Waals surface area contributed by atoms with Crippen LogP contribution < -0.4 is 11.3 Å². The largest absolute Gasteiger partial charge is 0.394 e. The molecule has 0 amide bonds. The second-order valence-electron chi connectivity index (χ2n) is 4.14. The molecule has 0 radical (unpaired) electrons. The number of ether oxygens (including phenoxy) is 1. The third-order valence-electron chi connectivity index (χ3n) is 2.97. The molecule has 7 nitrogen and oxygen atoms in total. The number of nitrogen functional groups attached to an aromatic ring is 1. The number of nitrogens with two attached hydrogens (primary N) is 1. The van der Waals surface area contributed by atoms with Crippen LogP contribution in [-0.4, -0.2) is 34.0 Å². The quantitative estimate of drug-likeness (QED) is 0.533. The molecule has 3 atom stereocenters. The van der Waals surface area contributed by atoms with Crippen LogP contribution >= 0.6 is 0 Å². The second kappa shape index (κ2) is 4.78. The van der Waals surface area contributed by atoms with Crippen molar-refractivity contribution in [3.63, 3.8) is 0 Å². The minimum absolute atomic E-state index is 0.00324. The predicted octanol–water partition coefficient (Wildman–Crippen LogP) is -0.988. The fraction of sp³-hybridized carbons (Fsp3) is 0.455. The molecule has 1 fully saturated rings. The van der Waals surface area contributed by atoms with Crippen molar-refractivity contribution in [3.8, 4) is 6.07 Å². The Hall–Kier alpha value is -1.88. The summed E-state index contributed by atoms with van der Waals surface area (Å²) in [6.07, 6.45) is -1.99. The zero-order valence-electron chi connectivity index (χ0n) is 9.46. The summed E-state index contributed by atoms with van der Waals surface area (Å²) in [5.41, 5.74) is 5.40. The molecular formula is C11H13N3O4. The van der Waals surface area contributed by atoms with Crippen LogP contribution in [0.5, 0.6) is 0 Å². The van der Waals surface area contributed by atoms with Crippen molar-refractivity contribution in [1.82, 2.24) is 4.98 Å². The molecule has 0 aliphatic carbocycles. The van der Waals surface area contributed by atoms with Crippen LogP contribution in [0.2, 0.25) is 0 Å². The van der Waals surface area contributed by atoms with Crippen LogP contribution in [0.15, 0.2) is 10.9 Å². The average molecular weight is 251 g/mol. The number of anilines is 1. The Morgan fingerprint density at radius 3 is 2.94 bits per heavy atom. The first-order valence-electron chi connectivity index (χ1n) is 5.44. The van der Waals surface area contributed by atoms with Gasteiger partial charge in [-0.15, -0.1) is 0 Å². The fourth-order valence-electron chi connectivity index (χ4n) is 1.99. The highest BCUT2D eigenvalue weighted by molar-refractivity contribution is 5.49. The summed E-state index contributed by atoms with van der Waals surface area (Å²) < 4.78 is 5.36. The molecule has 96 valence electrons. The lowest BCUT2D eigenvalue weighted by molar-refractivity contribution is -0.0228. The topological polar surface area (TPSA) is 132 Å². The molecule has 1 saturated heterocycles. The molecule has 1 aromatic rings. The molecule has 0 saturated carbocycles. The van der Waals surface area contributed by atoms with Gasteiger partial charge in [-0.3, -0.25) is 4.79 Å². The van der Waals surface area contributed by atoms with E-state index in [1.54, 1.807) is 0 Å². The number of pyridine rings is 1. The highest BCUT2D eigenvalue weighted by Crippen LogP contribution is 2.31. The van der Waals surface area contributed by atoms with Crippen LogP contribution in [0.1, 0.15) is 23.7 Å². The molecule has 18 heavy (non-hydrogen) atoms. The van der Waals surface area contributed by atoms with Crippen LogP contribution in [0, 0.1) is 11.3 Å². The molecule has 0 spiro atoms. The van der Waals surface area contributed by atoms with E-state index < -0.39 is 23.9 Å². The van der Waals surface area contributed by atoms with Gasteiger partial charge in [0.1, 0.15) is 18.0 Å². The number of hydrogen-bond acceptors (Lipinski definition) is 6. The molecular weight excluding hydrogens is 238 g/mol. The third-order valence-corrected chi connectivity index (χ3v) is 2.97. The van der Waals surface area contributed by atoms with Gasteiger partial charge < -0.3 is 25.7 Å². The van der Waals surface area contributed by atoms with Crippen molar-refractivity contribution in [3.05, 3.63) is 27.5 Å². The summed E-state index contributed by atoms with van der Waals surface area (Å²) in [4.78, 5) is 14.1. The van der Waals surface area contributed by atoms with Gasteiger partial charge in [-0.05, 0) is 6.07 Å². The number of aliphatic hydroxyl groups is 2. The van der Waals surface area contributed by atoms with Crippen molar-refractivity contribution in [2.75, 3.05) is 12.3 Å². The Balaban J connectivity index is 2.36. The van der Waals surface area contributed by atoms with Gasteiger partial charge >= 0.3 is 0 Å². The minimum atomic E-state index is -0.831. The first kappa shape index (κ1) is 12.6. The van der Waals surface area contributed by atoms with Crippen LogP contribution in [0.25, 0.3) is 0 Å². The number of nitrogens with one attached hydrogen (secondary N) is 1. The van der Waals surface area contributed by atoms with Gasteiger partial charge in [-0.25, -0.2) is 0 Å². The number of rotatable bonds is 2. The molecule has 5 N–H and O–H groups in total. The van der Waals surface area contributed by atoms with E-state index in [4.69, 9.17) is 20.8 Å². The fourth-order valence-corrected chi connectivity index (χ4v) is 1.99. The highest BCUT2D eigenvalue weighted by Gasteiger charge is 2.35. The summed E-state index contributed by atoms with van der Waals surface area (Å²) in [5, 5.41) is 27.4. The summed E-state index contributed by atoms with van der Waals surface area (Å²) in [6, 6.07) is 3.21. The summed E-state index contributed by atoms with van der Waals surface area (Å²) in [6.45, 7) is -0.324. The smallest absolute Gasteiger partial charge is 0.255 e. The monoisotopic (exact) mass is 251 g/mol. The van der Waals surface area contributed by atoms with E-state index in [9.17, 15) is 9.90 Å². The number of aromatic nitrogens is 1. The predicted molar refractivity (Wildman–Crippen MR) is 61.5 cm³/mol. The molecule has 1 aliphatic heterocycles. The lowest BCUT2D eigenvalue weighted by atomic mass is 10.0. The Morgan fingerprint density at radius 1 is 1.67 bits per heavy atom. The number of H-pyrrole nitrogens is 1. The van der Waals surface area contributed by atoms with Gasteiger partial charge in [-0.2, -0.15) is 5.26 Å². The first-order chi connectivity index (χ1) is 8.56. The summed E-state index contributed by atoms with van der Waals surface area (Å²) >= 11 is 0. The molecule has 0 aromatic carbocycles. The van der Waals surface area contributed by atoms with E-state index >= 15 is 0 Å². The Bertz CT molecular complexity index is 548. The van der Waals surface area contributed by atoms with E-state index in [0.29, 0.717) is 0 Å². The van der Waals surface area contributed by atoms with Crippen LogP contribution in [0.4, 0.5) is 5.82 Å². The van der Waals surface area contributed by atoms with Crippen molar-refractivity contribution < 1.29 is 14.9 Å². The number of nitriles is 1. The van der Waals surface area contributed by atoms with Gasteiger partial charge in [-0.1, -0.05) is 0 Å². The number of aromatic amines is 1. The maximum atomic E-state index is 11.7. The van der Waals surface area contributed by atoms with E-state index in [1.807, 2.05) is 6.07 Å². The maximum absolute atomic E-state index is 11.7. The van der Waals surface area contributed by atoms with Crippen molar-refractivity contribution >= 4 is 5.82 Å². The Labute approximate surface area is 102 Å². The van der Waals surface area contributed by atoms with E-state index in [-0.39, 0.29) is 30.0 Å². The molecule has 2 rings (SSSR count). The Kier molecular flexibility index (Phi) is 3.34. The van der Waals surface area contributed by atoms with Gasteiger partial charge in [0.2, 0.25) is 0 Å². The molecule has 1 aromatic heterocycles. The van der Waals surface area contributed by atoms with Crippen LogP contribution in [-0.2, 0) is 4.74 Å². The number of nitrogens with zero attached hydrogens (tertiary/aromatic N) is 1. The molecule has 0 bridgehead atoms. The second-order valence-corrected chi connectivity index (χ2v) is 4.14. The van der Waals surface area contributed by atoms with Gasteiger partial charge in [0.25, 0.3) is 5.56 Å². The molecule has 2 heterocycles. The zero-order chi connectivity index (χ0) is 13.3. The Morgan fingerprint density at radius 2 is 2.39 bits per heavy atom. The van der Waals surface area contributed by atoms with Gasteiger partial charge in [0.15, 0.2) is 0 Å². The summed E-state index contributed by atoms with van der Waals surface area (Å²) in [5.74, 6) is 0.00324. The molecule has 1 aliphatic rings. The molecule has 7 heteroatoms. The number of hydrogen-bond donors (Lipinski definition) is 4. The van der Waals surface area contributed by atoms with Gasteiger partial charge in [0, 0.05) is 12.0 Å². The summed E-state index contributed by atoms with van der Waals surface area (Å²) in [7, 11) is 0. The van der Waals surface area contributed by atoms with Gasteiger partial charge in [0.05, 0.1) is 24.4 Å². The normalized spacial score (nSPS) is 27.1. The van der Waals surface area contributed by atoms with Crippen molar-refractivity contribution in [2.45, 2.75) is 24.7 Å². The average Bonchev–Trinajstić information content (AvgIpc) is 2.70. The highest BCUT2D eigenvalue weighted by atomic mass is 16.5. The van der Waals surface area contributed by atoms with Crippen LogP contribution in [0.3, 0.4) is 0 Å². The SMILES string of the molecule is N#Cc1cc([C@H]2C[C@H](O)[C@@H](CO)O2)c(=O)[nH]c1N. The van der Waals surface area contributed by atoms with E-state index in [2.05, 4.69) is 4.98 Å². The van der Waals surface area contributed by atoms with E-state index in [0.717, 1.165) is 0 Å². The standard InChI is InChI=1S/C11H13N3O4/c12-3-5-1-6(11(17)14-10(5)13)8-2-7(16)9(4-15)18-8/h1,7-9,15-16H,2,4H2,(H3,13,14,17)/t7-,8+,9+/m0/s1.